The van der Waals surface area contributed by atoms with E-state index in [-0.39, 0.29) is 17.2 Å². The molecular weight excluding hydrogens is 310 g/mol. The number of carbonyl (C=O) groups excluding carboxylic acids is 1. The minimum atomic E-state index is -0.582. The number of unbranched alkanes of at least 4 members (excludes halogenated alkanes) is 3. The third-order valence-corrected chi connectivity index (χ3v) is 3.78. The van der Waals surface area contributed by atoms with Crippen LogP contribution in [0.15, 0.2) is 23.0 Å². The van der Waals surface area contributed by atoms with E-state index in [1.165, 1.54) is 23.6 Å². The van der Waals surface area contributed by atoms with Gasteiger partial charge in [-0.25, -0.2) is 0 Å². The van der Waals surface area contributed by atoms with Crippen LogP contribution in [0.1, 0.15) is 39.5 Å². The maximum absolute atomic E-state index is 12.5. The van der Waals surface area contributed by atoms with Crippen molar-refractivity contribution in [1.82, 2.24) is 4.57 Å². The normalized spacial score (nSPS) is 10.8. The minimum absolute atomic E-state index is 0.0478. The molecule has 1 heterocycles. The Hall–Kier alpha value is -2.50. The van der Waals surface area contributed by atoms with Crippen LogP contribution in [0.3, 0.4) is 0 Å². The molecule has 1 aromatic carbocycles. The first-order valence-corrected chi connectivity index (χ1v) is 8.12. The van der Waals surface area contributed by atoms with E-state index in [0.717, 1.165) is 25.7 Å². The van der Waals surface area contributed by atoms with E-state index < -0.39 is 11.5 Å². The molecule has 2 aromatic rings. The van der Waals surface area contributed by atoms with Gasteiger partial charge in [0, 0.05) is 25.4 Å². The molecule has 0 aliphatic heterocycles. The van der Waals surface area contributed by atoms with Gasteiger partial charge in [-0.3, -0.25) is 9.59 Å². The van der Waals surface area contributed by atoms with Crippen molar-refractivity contribution >= 4 is 16.9 Å². The zero-order chi connectivity index (χ0) is 17.7. The van der Waals surface area contributed by atoms with Crippen LogP contribution < -0.4 is 15.0 Å². The summed E-state index contributed by atoms with van der Waals surface area (Å²) < 4.78 is 12.2. The number of aromatic hydroxyl groups is 1. The fourth-order valence-corrected chi connectivity index (χ4v) is 2.55. The van der Waals surface area contributed by atoms with Gasteiger partial charge in [0.05, 0.1) is 12.1 Å². The summed E-state index contributed by atoms with van der Waals surface area (Å²) >= 11 is 0. The number of nitrogens with zero attached hydrogens (tertiary/aromatic N) is 1. The molecule has 1 aromatic heterocycles. The van der Waals surface area contributed by atoms with E-state index in [1.807, 2.05) is 0 Å². The van der Waals surface area contributed by atoms with Gasteiger partial charge in [-0.1, -0.05) is 26.2 Å². The maximum atomic E-state index is 12.5. The molecule has 24 heavy (non-hydrogen) atoms. The van der Waals surface area contributed by atoms with Gasteiger partial charge >= 0.3 is 5.97 Å². The van der Waals surface area contributed by atoms with E-state index in [2.05, 4.69) is 6.92 Å². The van der Waals surface area contributed by atoms with E-state index in [0.29, 0.717) is 17.5 Å². The molecule has 6 heteroatoms. The highest BCUT2D eigenvalue weighted by Crippen LogP contribution is 2.34. The molecule has 0 bridgehead atoms. The molecule has 0 spiro atoms. The van der Waals surface area contributed by atoms with Gasteiger partial charge in [-0.2, -0.15) is 0 Å². The van der Waals surface area contributed by atoms with Gasteiger partial charge in [0.15, 0.2) is 5.75 Å². The summed E-state index contributed by atoms with van der Waals surface area (Å²) in [6.45, 7) is 3.80. The van der Waals surface area contributed by atoms with Crippen LogP contribution in [0.5, 0.6) is 17.2 Å². The molecule has 1 N–H and O–H groups in total. The SMILES string of the molecule is CCCCCCOc1c(OC(C)=O)c(=O)n(C)c2cc(O)ccc12. The lowest BCUT2D eigenvalue weighted by molar-refractivity contribution is -0.132. The van der Waals surface area contributed by atoms with Crippen molar-refractivity contribution in [3.63, 3.8) is 0 Å². The molecule has 0 radical (unpaired) electrons. The summed E-state index contributed by atoms with van der Waals surface area (Å²) in [4.78, 5) is 23.9. The quantitative estimate of drug-likeness (QED) is 0.622. The largest absolute Gasteiger partial charge is 0.508 e. The Bertz CT molecular complexity index is 794. The van der Waals surface area contributed by atoms with Gasteiger partial charge < -0.3 is 19.1 Å². The molecule has 130 valence electrons. The molecule has 6 nitrogen and oxygen atoms in total. The number of benzene rings is 1. The molecule has 0 atom stereocenters. The average Bonchev–Trinajstić information content (AvgIpc) is 2.54. The smallest absolute Gasteiger partial charge is 0.308 e. The number of ether oxygens (including phenoxy) is 2. The first-order chi connectivity index (χ1) is 11.5. The second kappa shape index (κ2) is 7.86. The van der Waals surface area contributed by atoms with Gasteiger partial charge in [0.1, 0.15) is 5.75 Å². The Labute approximate surface area is 140 Å². The molecule has 2 rings (SSSR count). The Morgan fingerprint density at radius 2 is 1.96 bits per heavy atom. The van der Waals surface area contributed by atoms with E-state index in [9.17, 15) is 14.7 Å². The second-order valence-corrected chi connectivity index (χ2v) is 5.73. The first kappa shape index (κ1) is 17.8. The van der Waals surface area contributed by atoms with Crippen molar-refractivity contribution in [3.05, 3.63) is 28.6 Å². The lowest BCUT2D eigenvalue weighted by atomic mass is 10.1. The van der Waals surface area contributed by atoms with E-state index in [1.54, 1.807) is 13.1 Å². The van der Waals surface area contributed by atoms with E-state index in [4.69, 9.17) is 9.47 Å². The standard InChI is InChI=1S/C18H23NO5/c1-4-5-6-7-10-23-16-14-9-8-13(21)11-15(14)19(3)18(22)17(16)24-12(2)20/h8-9,11,21H,4-7,10H2,1-3H3. The Morgan fingerprint density at radius 3 is 2.62 bits per heavy atom. The summed E-state index contributed by atoms with van der Waals surface area (Å²) in [6.07, 6.45) is 4.11. The van der Waals surface area contributed by atoms with Crippen molar-refractivity contribution in [1.29, 1.82) is 0 Å². The number of phenolic OH excluding ortho intramolecular Hbond substituents is 1. The first-order valence-electron chi connectivity index (χ1n) is 8.12. The lowest BCUT2D eigenvalue weighted by Crippen LogP contribution is -2.22. The van der Waals surface area contributed by atoms with Crippen LogP contribution in [0.2, 0.25) is 0 Å². The minimum Gasteiger partial charge on any atom is -0.508 e. The van der Waals surface area contributed by atoms with Crippen LogP contribution in [0, 0.1) is 0 Å². The summed E-state index contributed by atoms with van der Waals surface area (Å²) in [6, 6.07) is 4.64. The third-order valence-electron chi connectivity index (χ3n) is 3.78. The molecule has 0 amide bonds. The highest BCUT2D eigenvalue weighted by molar-refractivity contribution is 5.89. The van der Waals surface area contributed by atoms with Crippen LogP contribution in [-0.2, 0) is 11.8 Å². The highest BCUT2D eigenvalue weighted by atomic mass is 16.6. The fraction of sp³-hybridized carbons (Fsp3) is 0.444. The summed E-state index contributed by atoms with van der Waals surface area (Å²) in [7, 11) is 1.56. The van der Waals surface area contributed by atoms with Gasteiger partial charge in [-0.15, -0.1) is 0 Å². The third kappa shape index (κ3) is 3.88. The number of hydrogen-bond acceptors (Lipinski definition) is 5. The Morgan fingerprint density at radius 1 is 1.21 bits per heavy atom. The van der Waals surface area contributed by atoms with Crippen molar-refractivity contribution in [2.24, 2.45) is 7.05 Å². The van der Waals surface area contributed by atoms with Gasteiger partial charge in [0.2, 0.25) is 5.75 Å². The number of aromatic nitrogens is 1. The zero-order valence-electron chi connectivity index (χ0n) is 14.3. The Kier molecular flexibility index (Phi) is 5.84. The molecular formula is C18H23NO5. The Balaban J connectivity index is 2.48. The zero-order valence-corrected chi connectivity index (χ0v) is 14.3. The number of carbonyl (C=O) groups is 1. The lowest BCUT2D eigenvalue weighted by Gasteiger charge is -2.16. The number of rotatable bonds is 7. The number of fused-ring (bicyclic) bond motifs is 1. The van der Waals surface area contributed by atoms with Crippen LogP contribution in [0.4, 0.5) is 0 Å². The van der Waals surface area contributed by atoms with Crippen molar-refractivity contribution in [2.45, 2.75) is 39.5 Å². The predicted octanol–water partition coefficient (Wildman–Crippen LogP) is 3.13. The number of esters is 1. The average molecular weight is 333 g/mol. The van der Waals surface area contributed by atoms with Gasteiger partial charge in [0.25, 0.3) is 5.56 Å². The summed E-state index contributed by atoms with van der Waals surface area (Å²) in [5.74, 6) is -0.397. The second-order valence-electron chi connectivity index (χ2n) is 5.73. The molecule has 0 aliphatic carbocycles. The van der Waals surface area contributed by atoms with Crippen LogP contribution in [-0.4, -0.2) is 22.2 Å². The van der Waals surface area contributed by atoms with Crippen LogP contribution >= 0.6 is 0 Å². The molecule has 0 saturated heterocycles. The molecule has 0 saturated carbocycles. The molecule has 0 unspecified atom stereocenters. The molecule has 0 fully saturated rings. The highest BCUT2D eigenvalue weighted by Gasteiger charge is 2.20. The summed E-state index contributed by atoms with van der Waals surface area (Å²) in [5.41, 5.74) is 0.0336. The van der Waals surface area contributed by atoms with Crippen molar-refractivity contribution in [3.8, 4) is 17.2 Å². The number of pyridine rings is 1. The number of hydrogen-bond donors (Lipinski definition) is 1. The van der Waals surface area contributed by atoms with Crippen molar-refractivity contribution < 1.29 is 19.4 Å². The topological polar surface area (TPSA) is 77.8 Å². The fourth-order valence-electron chi connectivity index (χ4n) is 2.55. The number of phenols is 1. The summed E-state index contributed by atoms with van der Waals surface area (Å²) in [5, 5.41) is 10.3. The van der Waals surface area contributed by atoms with Crippen molar-refractivity contribution in [2.75, 3.05) is 6.61 Å². The number of aryl methyl sites for hydroxylation is 1. The molecule has 0 aliphatic rings. The maximum Gasteiger partial charge on any atom is 0.308 e. The van der Waals surface area contributed by atoms with Crippen LogP contribution in [0.25, 0.3) is 10.9 Å². The predicted molar refractivity (Wildman–Crippen MR) is 91.8 cm³/mol. The monoisotopic (exact) mass is 333 g/mol. The van der Waals surface area contributed by atoms with Gasteiger partial charge in [-0.05, 0) is 18.6 Å². The van der Waals surface area contributed by atoms with E-state index >= 15 is 0 Å².